The van der Waals surface area contributed by atoms with Crippen molar-refractivity contribution in [2.45, 2.75) is 76.5 Å². The number of hydrogen-bond donors (Lipinski definition) is 8. The molecule has 0 heterocycles. The third kappa shape index (κ3) is 11.6. The molecular weight excluding hydrogens is 452 g/mol. The molecule has 0 aliphatic heterocycles. The van der Waals surface area contributed by atoms with Gasteiger partial charge in [0.25, 0.3) is 0 Å². The summed E-state index contributed by atoms with van der Waals surface area (Å²) in [6.45, 7) is 3.90. The zero-order valence-corrected chi connectivity index (χ0v) is 19.4. The van der Waals surface area contributed by atoms with Crippen LogP contribution in [0.25, 0.3) is 0 Å². The summed E-state index contributed by atoms with van der Waals surface area (Å²) >= 11 is 0. The molecule has 0 spiro atoms. The highest BCUT2D eigenvalue weighted by Crippen LogP contribution is 2.10. The van der Waals surface area contributed by atoms with E-state index in [1.165, 1.54) is 0 Å². The lowest BCUT2D eigenvalue weighted by Crippen LogP contribution is -2.59. The molecule has 4 amide bonds. The molecule has 5 atom stereocenters. The lowest BCUT2D eigenvalue weighted by atomic mass is 9.97. The van der Waals surface area contributed by atoms with Crippen molar-refractivity contribution in [3.8, 4) is 0 Å². The van der Waals surface area contributed by atoms with Gasteiger partial charge < -0.3 is 43.4 Å². The Bertz CT molecular complexity index is 747. The summed E-state index contributed by atoms with van der Waals surface area (Å²) in [7, 11) is 0. The zero-order valence-electron chi connectivity index (χ0n) is 19.4. The van der Waals surface area contributed by atoms with Crippen molar-refractivity contribution < 1.29 is 39.0 Å². The standard InChI is InChI=1S/C20H36N6O8/c1-3-10(2)16(26-17(30)11(22)6-4-5-7-21)19(32)24-12(8-14(23)27)18(31)25-13(20(33)34)9-15(28)29/h10-13,16H,3-9,21-22H2,1-2H3,(H2,23,27)(H,24,32)(H,25,31)(H,26,30)(H,28,29)(H,33,34). The van der Waals surface area contributed by atoms with E-state index >= 15 is 0 Å². The maximum atomic E-state index is 12.9. The van der Waals surface area contributed by atoms with Crippen LogP contribution in [0, 0.1) is 5.92 Å². The fourth-order valence-corrected chi connectivity index (χ4v) is 2.92. The summed E-state index contributed by atoms with van der Waals surface area (Å²) < 4.78 is 0. The van der Waals surface area contributed by atoms with Crippen molar-refractivity contribution in [1.29, 1.82) is 0 Å². The minimum absolute atomic E-state index is 0.352. The Hall–Kier alpha value is -3.26. The van der Waals surface area contributed by atoms with Gasteiger partial charge in [-0.15, -0.1) is 0 Å². The Morgan fingerprint density at radius 2 is 1.44 bits per heavy atom. The molecule has 14 nitrogen and oxygen atoms in total. The van der Waals surface area contributed by atoms with E-state index in [1.807, 2.05) is 5.32 Å². The highest BCUT2D eigenvalue weighted by Gasteiger charge is 2.33. The molecule has 0 fully saturated rings. The Kier molecular flexibility index (Phi) is 14.1. The first-order valence-electron chi connectivity index (χ1n) is 10.9. The van der Waals surface area contributed by atoms with Gasteiger partial charge >= 0.3 is 11.9 Å². The van der Waals surface area contributed by atoms with E-state index in [9.17, 15) is 28.8 Å². The van der Waals surface area contributed by atoms with E-state index in [0.29, 0.717) is 32.2 Å². The first-order chi connectivity index (χ1) is 15.8. The molecule has 0 saturated carbocycles. The number of aliphatic carboxylic acids is 2. The van der Waals surface area contributed by atoms with Crippen LogP contribution in [0.5, 0.6) is 0 Å². The molecular formula is C20H36N6O8. The van der Waals surface area contributed by atoms with Crippen molar-refractivity contribution in [2.75, 3.05) is 6.54 Å². The second kappa shape index (κ2) is 15.6. The monoisotopic (exact) mass is 488 g/mol. The topological polar surface area (TPSA) is 257 Å². The van der Waals surface area contributed by atoms with Crippen LogP contribution in [0.2, 0.25) is 0 Å². The number of rotatable bonds is 17. The number of nitrogens with two attached hydrogens (primary N) is 3. The molecule has 0 aliphatic carbocycles. The molecule has 11 N–H and O–H groups in total. The van der Waals surface area contributed by atoms with Crippen molar-refractivity contribution in [1.82, 2.24) is 16.0 Å². The SMILES string of the molecule is CCC(C)C(NC(=O)C(N)CCCCN)C(=O)NC(CC(N)=O)C(=O)NC(CC(=O)O)C(=O)O. The summed E-state index contributed by atoms with van der Waals surface area (Å²) in [5, 5.41) is 24.7. The number of primary amides is 1. The summed E-state index contributed by atoms with van der Waals surface area (Å²) in [4.78, 5) is 71.4. The maximum absolute atomic E-state index is 12.9. The normalized spacial score (nSPS) is 15.2. The lowest BCUT2D eigenvalue weighted by molar-refractivity contribution is -0.147. The third-order valence-electron chi connectivity index (χ3n) is 5.13. The molecule has 0 aromatic heterocycles. The van der Waals surface area contributed by atoms with E-state index in [1.54, 1.807) is 13.8 Å². The summed E-state index contributed by atoms with van der Waals surface area (Å²) in [6, 6.07) is -5.39. The van der Waals surface area contributed by atoms with Crippen molar-refractivity contribution in [3.63, 3.8) is 0 Å². The largest absolute Gasteiger partial charge is 0.481 e. The first-order valence-corrected chi connectivity index (χ1v) is 10.9. The number of nitrogens with one attached hydrogen (secondary N) is 3. The van der Waals surface area contributed by atoms with Crippen molar-refractivity contribution in [2.24, 2.45) is 23.1 Å². The maximum Gasteiger partial charge on any atom is 0.326 e. The molecule has 0 aromatic carbocycles. The summed E-state index contributed by atoms with van der Waals surface area (Å²) in [5.74, 6) is -6.98. The van der Waals surface area contributed by atoms with Crippen LogP contribution < -0.4 is 33.2 Å². The molecule has 0 bridgehead atoms. The number of carboxylic acids is 2. The number of carboxylic acid groups (broad SMARTS) is 2. The van der Waals surface area contributed by atoms with Crippen LogP contribution in [-0.4, -0.2) is 76.5 Å². The van der Waals surface area contributed by atoms with Gasteiger partial charge in [-0.25, -0.2) is 4.79 Å². The Balaban J connectivity index is 5.51. The minimum atomic E-state index is -1.80. The van der Waals surface area contributed by atoms with E-state index in [4.69, 9.17) is 27.4 Å². The van der Waals surface area contributed by atoms with E-state index in [2.05, 4.69) is 10.6 Å². The third-order valence-corrected chi connectivity index (χ3v) is 5.13. The highest BCUT2D eigenvalue weighted by atomic mass is 16.4. The predicted molar refractivity (Wildman–Crippen MR) is 120 cm³/mol. The van der Waals surface area contributed by atoms with Gasteiger partial charge in [-0.3, -0.25) is 24.0 Å². The molecule has 0 saturated heterocycles. The minimum Gasteiger partial charge on any atom is -0.481 e. The van der Waals surface area contributed by atoms with Gasteiger partial charge in [0, 0.05) is 0 Å². The molecule has 0 radical (unpaired) electrons. The molecule has 5 unspecified atom stereocenters. The number of hydrogen-bond acceptors (Lipinski definition) is 8. The quantitative estimate of drug-likeness (QED) is 0.0988. The van der Waals surface area contributed by atoms with E-state index in [0.717, 1.165) is 0 Å². The van der Waals surface area contributed by atoms with Crippen LogP contribution >= 0.6 is 0 Å². The van der Waals surface area contributed by atoms with Gasteiger partial charge in [-0.1, -0.05) is 26.7 Å². The van der Waals surface area contributed by atoms with Gasteiger partial charge in [-0.05, 0) is 25.3 Å². The fourth-order valence-electron chi connectivity index (χ4n) is 2.92. The van der Waals surface area contributed by atoms with Crippen molar-refractivity contribution in [3.05, 3.63) is 0 Å². The van der Waals surface area contributed by atoms with Crippen molar-refractivity contribution >= 4 is 35.6 Å². The molecule has 14 heteroatoms. The van der Waals surface area contributed by atoms with Crippen LogP contribution in [0.15, 0.2) is 0 Å². The molecule has 0 aromatic rings. The zero-order chi connectivity index (χ0) is 26.4. The number of amides is 4. The number of unbranched alkanes of at least 4 members (excludes halogenated alkanes) is 1. The number of carbonyl (C=O) groups is 6. The highest BCUT2D eigenvalue weighted by molar-refractivity contribution is 5.96. The molecule has 194 valence electrons. The Morgan fingerprint density at radius 3 is 1.91 bits per heavy atom. The first kappa shape index (κ1) is 30.7. The van der Waals surface area contributed by atoms with Gasteiger partial charge in [0.05, 0.1) is 18.9 Å². The van der Waals surface area contributed by atoms with Gasteiger partial charge in [-0.2, -0.15) is 0 Å². The lowest BCUT2D eigenvalue weighted by Gasteiger charge is -2.27. The fraction of sp³-hybridized carbons (Fsp3) is 0.700. The summed E-state index contributed by atoms with van der Waals surface area (Å²) in [5.41, 5.74) is 16.4. The van der Waals surface area contributed by atoms with Gasteiger partial charge in [0.2, 0.25) is 23.6 Å². The second-order valence-corrected chi connectivity index (χ2v) is 7.99. The Morgan fingerprint density at radius 1 is 0.853 bits per heavy atom. The smallest absolute Gasteiger partial charge is 0.326 e. The Labute approximate surface area is 197 Å². The molecule has 0 aliphatic rings. The predicted octanol–water partition coefficient (Wildman–Crippen LogP) is -2.62. The van der Waals surface area contributed by atoms with Gasteiger partial charge in [0.15, 0.2) is 0 Å². The van der Waals surface area contributed by atoms with Crippen LogP contribution in [-0.2, 0) is 28.8 Å². The van der Waals surface area contributed by atoms with Crippen LogP contribution in [0.1, 0.15) is 52.4 Å². The number of carbonyl (C=O) groups excluding carboxylic acids is 4. The van der Waals surface area contributed by atoms with Gasteiger partial charge in [0.1, 0.15) is 18.1 Å². The van der Waals surface area contributed by atoms with Crippen LogP contribution in [0.3, 0.4) is 0 Å². The van der Waals surface area contributed by atoms with Crippen LogP contribution in [0.4, 0.5) is 0 Å². The summed E-state index contributed by atoms with van der Waals surface area (Å²) in [6.07, 6.45) is 0.507. The molecule has 34 heavy (non-hydrogen) atoms. The average molecular weight is 489 g/mol. The molecule has 0 rings (SSSR count). The second-order valence-electron chi connectivity index (χ2n) is 7.99. The average Bonchev–Trinajstić information content (AvgIpc) is 2.74. The van der Waals surface area contributed by atoms with E-state index < -0.39 is 78.5 Å². The van der Waals surface area contributed by atoms with E-state index in [-0.39, 0.29) is 0 Å².